The van der Waals surface area contributed by atoms with Crippen molar-refractivity contribution >= 4 is 28.9 Å². The summed E-state index contributed by atoms with van der Waals surface area (Å²) in [5, 5.41) is 14.4. The first-order valence-corrected chi connectivity index (χ1v) is 12.6. The highest BCUT2D eigenvalue weighted by Crippen LogP contribution is 2.47. The third-order valence-corrected chi connectivity index (χ3v) is 8.12. The van der Waals surface area contributed by atoms with Gasteiger partial charge in [0.2, 0.25) is 0 Å². The standard InChI is InChI=1S/C24H28ClNO5S/c1-13(27)29-10-15-12-32-24(26-15)22-7-5-17-19(21(28)9-23(17)31-22)11-30-16-4-6-20(25)18(8-16)14-2-3-14/h4,6,8,12,14,17,19,21-23,28H,2-3,5,7,9-11H2,1H3/t17-,19-,21-,22-,23+/m1/s1. The molecule has 0 amide bonds. The zero-order valence-electron chi connectivity index (χ0n) is 18.0. The zero-order chi connectivity index (χ0) is 22.2. The van der Waals surface area contributed by atoms with Crippen molar-refractivity contribution in [2.24, 2.45) is 11.8 Å². The summed E-state index contributed by atoms with van der Waals surface area (Å²) in [6.07, 6.45) is 4.32. The summed E-state index contributed by atoms with van der Waals surface area (Å²) >= 11 is 7.87. The van der Waals surface area contributed by atoms with Crippen LogP contribution < -0.4 is 4.74 Å². The maximum atomic E-state index is 11.0. The van der Waals surface area contributed by atoms with Crippen LogP contribution in [0.3, 0.4) is 0 Å². The van der Waals surface area contributed by atoms with E-state index in [4.69, 9.17) is 25.8 Å². The Balaban J connectivity index is 1.18. The summed E-state index contributed by atoms with van der Waals surface area (Å²) in [7, 11) is 0. The van der Waals surface area contributed by atoms with E-state index in [1.165, 1.54) is 36.7 Å². The fourth-order valence-electron chi connectivity index (χ4n) is 4.97. The van der Waals surface area contributed by atoms with Gasteiger partial charge in [0.05, 0.1) is 24.5 Å². The zero-order valence-corrected chi connectivity index (χ0v) is 19.6. The number of nitrogens with zero attached hydrogens (tertiary/aromatic N) is 1. The molecular weight excluding hydrogens is 450 g/mol. The second-order valence-corrected chi connectivity index (χ2v) is 10.4. The van der Waals surface area contributed by atoms with Gasteiger partial charge in [-0.3, -0.25) is 4.79 Å². The number of aliphatic hydroxyl groups excluding tert-OH is 1. The number of rotatable bonds is 7. The molecule has 3 aliphatic rings. The predicted molar refractivity (Wildman–Crippen MR) is 121 cm³/mol. The number of ether oxygens (including phenoxy) is 3. The number of thiazole rings is 1. The molecule has 1 aromatic heterocycles. The number of carbonyl (C=O) groups is 1. The first-order chi connectivity index (χ1) is 15.5. The Kier molecular flexibility index (Phi) is 6.43. The van der Waals surface area contributed by atoms with E-state index in [1.54, 1.807) is 0 Å². The van der Waals surface area contributed by atoms with Crippen LogP contribution in [0.1, 0.15) is 67.3 Å². The molecule has 1 aliphatic heterocycles. The molecule has 2 heterocycles. The number of benzene rings is 1. The van der Waals surface area contributed by atoms with E-state index in [9.17, 15) is 9.90 Å². The van der Waals surface area contributed by atoms with Crippen LogP contribution in [-0.2, 0) is 20.9 Å². The maximum Gasteiger partial charge on any atom is 0.303 e. The van der Waals surface area contributed by atoms with Gasteiger partial charge in [0, 0.05) is 29.7 Å². The SMILES string of the molecule is CC(=O)OCc1csc([C@H]2CC[C@@H]3[C@@H](COc4ccc(Cl)c(C5CC5)c4)[C@H](O)C[C@@H]3O2)n1. The van der Waals surface area contributed by atoms with E-state index in [1.807, 2.05) is 17.5 Å². The van der Waals surface area contributed by atoms with E-state index in [0.29, 0.717) is 18.9 Å². The Hall–Kier alpha value is -1.67. The van der Waals surface area contributed by atoms with Crippen LogP contribution in [0.15, 0.2) is 23.6 Å². The molecule has 0 radical (unpaired) electrons. The Morgan fingerprint density at radius 1 is 1.31 bits per heavy atom. The Bertz CT molecular complexity index is 977. The molecule has 1 saturated heterocycles. The minimum absolute atomic E-state index is 0.00501. The number of hydrogen-bond donors (Lipinski definition) is 1. The lowest BCUT2D eigenvalue weighted by atomic mass is 9.87. The highest BCUT2D eigenvalue weighted by molar-refractivity contribution is 7.09. The second kappa shape index (κ2) is 9.29. The van der Waals surface area contributed by atoms with Gasteiger partial charge in [0.15, 0.2) is 0 Å². The van der Waals surface area contributed by atoms with Crippen LogP contribution in [0.4, 0.5) is 0 Å². The number of fused-ring (bicyclic) bond motifs is 1. The second-order valence-electron chi connectivity index (χ2n) is 9.10. The molecule has 5 atom stereocenters. The molecule has 0 unspecified atom stereocenters. The van der Waals surface area contributed by atoms with Crippen LogP contribution in [0.2, 0.25) is 5.02 Å². The van der Waals surface area contributed by atoms with Crippen LogP contribution in [-0.4, -0.2) is 34.9 Å². The molecule has 0 spiro atoms. The van der Waals surface area contributed by atoms with Crippen molar-refractivity contribution in [2.75, 3.05) is 6.61 Å². The number of hydrogen-bond acceptors (Lipinski definition) is 7. The Morgan fingerprint density at radius 3 is 2.94 bits per heavy atom. The number of halogens is 1. The van der Waals surface area contributed by atoms with Gasteiger partial charge in [-0.15, -0.1) is 11.3 Å². The third kappa shape index (κ3) is 4.81. The number of aromatic nitrogens is 1. The lowest BCUT2D eigenvalue weighted by Crippen LogP contribution is -2.33. The van der Waals surface area contributed by atoms with Gasteiger partial charge in [-0.1, -0.05) is 11.6 Å². The minimum Gasteiger partial charge on any atom is -0.493 e. The Labute approximate surface area is 196 Å². The average Bonchev–Trinajstić information content (AvgIpc) is 3.41. The smallest absolute Gasteiger partial charge is 0.303 e. The highest BCUT2D eigenvalue weighted by Gasteiger charge is 2.47. The molecule has 0 bridgehead atoms. The van der Waals surface area contributed by atoms with Crippen molar-refractivity contribution in [3.8, 4) is 5.75 Å². The largest absolute Gasteiger partial charge is 0.493 e. The summed E-state index contributed by atoms with van der Waals surface area (Å²) in [5.41, 5.74) is 1.92. The summed E-state index contributed by atoms with van der Waals surface area (Å²) in [4.78, 5) is 15.6. The predicted octanol–water partition coefficient (Wildman–Crippen LogP) is 5.03. The molecule has 1 N–H and O–H groups in total. The van der Waals surface area contributed by atoms with E-state index < -0.39 is 6.10 Å². The van der Waals surface area contributed by atoms with Gasteiger partial charge in [0.1, 0.15) is 23.5 Å². The van der Waals surface area contributed by atoms with Crippen molar-refractivity contribution < 1.29 is 24.1 Å². The van der Waals surface area contributed by atoms with Crippen LogP contribution >= 0.6 is 22.9 Å². The number of esters is 1. The molecule has 5 rings (SSSR count). The third-order valence-electron chi connectivity index (χ3n) is 6.79. The first-order valence-electron chi connectivity index (χ1n) is 11.3. The van der Waals surface area contributed by atoms with Crippen LogP contribution in [0.5, 0.6) is 5.75 Å². The lowest BCUT2D eigenvalue weighted by Gasteiger charge is -2.33. The van der Waals surface area contributed by atoms with Crippen molar-refractivity contribution in [2.45, 2.75) is 69.9 Å². The van der Waals surface area contributed by atoms with Crippen LogP contribution in [0.25, 0.3) is 0 Å². The van der Waals surface area contributed by atoms with E-state index in [-0.39, 0.29) is 36.6 Å². The Morgan fingerprint density at radius 2 is 2.16 bits per heavy atom. The molecular formula is C24H28ClNO5S. The van der Waals surface area contributed by atoms with Crippen LogP contribution in [0, 0.1) is 11.8 Å². The van der Waals surface area contributed by atoms with Gasteiger partial charge < -0.3 is 19.3 Å². The summed E-state index contributed by atoms with van der Waals surface area (Å²) in [6.45, 7) is 2.06. The van der Waals surface area contributed by atoms with Crippen molar-refractivity contribution in [1.82, 2.24) is 4.98 Å². The minimum atomic E-state index is -0.435. The maximum absolute atomic E-state index is 11.0. The van der Waals surface area contributed by atoms with Crippen molar-refractivity contribution in [3.05, 3.63) is 44.9 Å². The van der Waals surface area contributed by atoms with Crippen molar-refractivity contribution in [3.63, 3.8) is 0 Å². The van der Waals surface area contributed by atoms with Gasteiger partial charge in [-0.05, 0) is 61.3 Å². The lowest BCUT2D eigenvalue weighted by molar-refractivity contribution is -0.142. The molecule has 2 saturated carbocycles. The molecule has 6 nitrogen and oxygen atoms in total. The van der Waals surface area contributed by atoms with Gasteiger partial charge in [0.25, 0.3) is 0 Å². The fraction of sp³-hybridized carbons (Fsp3) is 0.583. The topological polar surface area (TPSA) is 77.9 Å². The van der Waals surface area contributed by atoms with Gasteiger partial charge in [-0.25, -0.2) is 4.98 Å². The number of aliphatic hydroxyl groups is 1. The van der Waals surface area contributed by atoms with E-state index >= 15 is 0 Å². The average molecular weight is 478 g/mol. The first kappa shape index (κ1) is 22.1. The van der Waals surface area contributed by atoms with Gasteiger partial charge >= 0.3 is 5.97 Å². The van der Waals surface area contributed by atoms with E-state index in [0.717, 1.165) is 34.3 Å². The van der Waals surface area contributed by atoms with E-state index in [2.05, 4.69) is 11.1 Å². The normalized spacial score (nSPS) is 29.5. The summed E-state index contributed by atoms with van der Waals surface area (Å²) in [6, 6.07) is 5.88. The summed E-state index contributed by atoms with van der Waals surface area (Å²) in [5.74, 6) is 1.40. The molecule has 172 valence electrons. The molecule has 32 heavy (non-hydrogen) atoms. The number of carbonyl (C=O) groups excluding carboxylic acids is 1. The molecule has 1 aromatic carbocycles. The quantitative estimate of drug-likeness (QED) is 0.563. The monoisotopic (exact) mass is 477 g/mol. The molecule has 2 aliphatic carbocycles. The molecule has 8 heteroatoms. The van der Waals surface area contributed by atoms with Crippen molar-refractivity contribution in [1.29, 1.82) is 0 Å². The summed E-state index contributed by atoms with van der Waals surface area (Å²) < 4.78 is 17.5. The highest BCUT2D eigenvalue weighted by atomic mass is 35.5. The fourth-order valence-corrected chi connectivity index (χ4v) is 6.11. The molecule has 3 fully saturated rings. The van der Waals surface area contributed by atoms with Gasteiger partial charge in [-0.2, -0.15) is 0 Å². The molecule has 2 aromatic rings.